The number of allylic oxidation sites excluding steroid dienone is 1. The lowest BCUT2D eigenvalue weighted by Crippen LogP contribution is -2.32. The molecule has 4 amide bonds. The maximum atomic E-state index is 12.8. The Balaban J connectivity index is 0.00000100. The van der Waals surface area contributed by atoms with Gasteiger partial charge in [0.1, 0.15) is 0 Å². The van der Waals surface area contributed by atoms with E-state index >= 15 is 0 Å². The van der Waals surface area contributed by atoms with Crippen LogP contribution in [-0.4, -0.2) is 30.3 Å². The summed E-state index contributed by atoms with van der Waals surface area (Å²) in [6.45, 7) is 27.7. The number of benzene rings is 3. The first-order chi connectivity index (χ1) is 25.3. The van der Waals surface area contributed by atoms with Crippen LogP contribution in [0.25, 0.3) is 0 Å². The predicted molar refractivity (Wildman–Crippen MR) is 232 cm³/mol. The van der Waals surface area contributed by atoms with Crippen LogP contribution in [0.3, 0.4) is 0 Å². The number of imide groups is 2. The number of carbonyl (C=O) groups excluding carboxylic acids is 4. The summed E-state index contributed by atoms with van der Waals surface area (Å²) < 4.78 is 0. The molecule has 4 rings (SSSR count). The van der Waals surface area contributed by atoms with Gasteiger partial charge in [0.15, 0.2) is 0 Å². The van der Waals surface area contributed by atoms with Gasteiger partial charge >= 0.3 is 0 Å². The average Bonchev–Trinajstić information content (AvgIpc) is 3.45. The van der Waals surface area contributed by atoms with Crippen molar-refractivity contribution in [3.05, 3.63) is 118 Å². The first-order valence-corrected chi connectivity index (χ1v) is 20.2. The second-order valence-corrected chi connectivity index (χ2v) is 16.8. The van der Waals surface area contributed by atoms with Gasteiger partial charge in [-0.25, -0.2) is 9.80 Å². The molecule has 0 aromatic heterocycles. The van der Waals surface area contributed by atoms with Crippen molar-refractivity contribution in [1.82, 2.24) is 0 Å². The minimum absolute atomic E-state index is 0.101. The summed E-state index contributed by atoms with van der Waals surface area (Å²) in [6.07, 6.45) is 10.1. The van der Waals surface area contributed by atoms with Gasteiger partial charge in [-0.3, -0.25) is 19.2 Å². The van der Waals surface area contributed by atoms with E-state index in [9.17, 15) is 19.2 Å². The van der Waals surface area contributed by atoms with Gasteiger partial charge in [0.2, 0.25) is 6.41 Å². The highest BCUT2D eigenvalue weighted by Crippen LogP contribution is 2.43. The van der Waals surface area contributed by atoms with Crippen LogP contribution in [0, 0.1) is 5.92 Å². The van der Waals surface area contributed by atoms with Crippen molar-refractivity contribution >= 4 is 44.7 Å². The molecule has 0 N–H and O–H groups in total. The first kappa shape index (κ1) is 46.0. The lowest BCUT2D eigenvalue weighted by atomic mass is 9.73. The molecule has 1 aliphatic heterocycles. The Labute approximate surface area is 328 Å². The van der Waals surface area contributed by atoms with E-state index < -0.39 is 0 Å². The molecule has 3 aromatic rings. The van der Waals surface area contributed by atoms with E-state index in [1.54, 1.807) is 25.1 Å². The van der Waals surface area contributed by atoms with Crippen LogP contribution in [0.1, 0.15) is 148 Å². The largest absolute Gasteiger partial charge is 0.278 e. The maximum absolute atomic E-state index is 12.8. The van der Waals surface area contributed by atoms with Gasteiger partial charge in [0.05, 0.1) is 11.4 Å². The third-order valence-corrected chi connectivity index (χ3v) is 9.88. The van der Waals surface area contributed by atoms with Gasteiger partial charge in [-0.2, -0.15) is 0 Å². The van der Waals surface area contributed by atoms with Crippen LogP contribution in [0.5, 0.6) is 0 Å². The van der Waals surface area contributed by atoms with Crippen molar-refractivity contribution in [2.24, 2.45) is 5.92 Å². The van der Waals surface area contributed by atoms with Gasteiger partial charge in [-0.15, -0.1) is 9.24 Å². The highest BCUT2D eigenvalue weighted by molar-refractivity contribution is 7.16. The molecule has 0 radical (unpaired) electrons. The molecule has 0 saturated carbocycles. The normalized spacial score (nSPS) is 13.0. The van der Waals surface area contributed by atoms with Crippen LogP contribution in [0.4, 0.5) is 11.4 Å². The lowest BCUT2D eigenvalue weighted by molar-refractivity contribution is -0.120. The topological polar surface area (TPSA) is 74.8 Å². The number of nitrogens with zero attached hydrogens (tertiary/aromatic N) is 2. The molecule has 6 nitrogen and oxygen atoms in total. The molecule has 1 unspecified atom stereocenters. The second-order valence-electron chi connectivity index (χ2n) is 15.9. The van der Waals surface area contributed by atoms with Gasteiger partial charge in [-0.05, 0) is 82.4 Å². The summed E-state index contributed by atoms with van der Waals surface area (Å²) in [5, 5.41) is 0. The standard InChI is InChI=1S/C39H44N2O4.C6H14.C2H7P/c1-10-11-34(43)40(24-42)31-18-16-29(17-19-31)38(6,7)27-12-14-28(15-13-27)39(8,9)30-22-32(25(2)3)37(33(23-30)26(4)5)41-35(44)20-21-36(41)45;1-4-5-6(2)3;1-2-3/h10-26H,1-9H3;6H,4-5H2,1-3H3;2-3H2,1H3/b11-10-;;. The van der Waals surface area contributed by atoms with Gasteiger partial charge in [-0.1, -0.05) is 151 Å². The molecule has 0 saturated heterocycles. The number of anilines is 2. The van der Waals surface area contributed by atoms with Crippen LogP contribution in [0.2, 0.25) is 0 Å². The van der Waals surface area contributed by atoms with Crippen molar-refractivity contribution < 1.29 is 19.2 Å². The molecular weight excluding hydrogens is 688 g/mol. The second kappa shape index (κ2) is 20.5. The van der Waals surface area contributed by atoms with Crippen LogP contribution in [-0.2, 0) is 30.0 Å². The van der Waals surface area contributed by atoms with E-state index in [1.807, 2.05) is 12.1 Å². The van der Waals surface area contributed by atoms with Crippen LogP contribution >= 0.6 is 9.24 Å². The number of rotatable bonds is 12. The fourth-order valence-electron chi connectivity index (χ4n) is 6.52. The van der Waals surface area contributed by atoms with Gasteiger partial charge in [0.25, 0.3) is 17.7 Å². The lowest BCUT2D eigenvalue weighted by Gasteiger charge is -2.33. The molecule has 0 bridgehead atoms. The van der Waals surface area contributed by atoms with Crippen LogP contribution < -0.4 is 9.80 Å². The van der Waals surface area contributed by atoms with E-state index in [0.29, 0.717) is 17.8 Å². The maximum Gasteiger partial charge on any atom is 0.258 e. The smallest absolute Gasteiger partial charge is 0.258 e. The molecule has 1 heterocycles. The highest BCUT2D eigenvalue weighted by atomic mass is 31.0. The van der Waals surface area contributed by atoms with Crippen LogP contribution in [0.15, 0.2) is 85.0 Å². The summed E-state index contributed by atoms with van der Waals surface area (Å²) in [7, 11) is 2.58. The molecule has 0 fully saturated rings. The zero-order valence-corrected chi connectivity index (χ0v) is 36.3. The Morgan fingerprint density at radius 3 is 1.44 bits per heavy atom. The average molecular weight is 753 g/mol. The number of hydrogen-bond acceptors (Lipinski definition) is 4. The summed E-state index contributed by atoms with van der Waals surface area (Å²) in [5.74, 6) is 0.116. The summed E-state index contributed by atoms with van der Waals surface area (Å²) in [6, 6.07) is 20.5. The quantitative estimate of drug-likeness (QED) is 0.0799. The van der Waals surface area contributed by atoms with Crippen molar-refractivity contribution in [2.75, 3.05) is 16.0 Å². The fraction of sp³-hybridized carbons (Fsp3) is 0.447. The van der Waals surface area contributed by atoms with Crippen molar-refractivity contribution in [1.29, 1.82) is 0 Å². The molecule has 0 aliphatic carbocycles. The zero-order valence-electron chi connectivity index (χ0n) is 35.1. The minimum Gasteiger partial charge on any atom is -0.278 e. The first-order valence-electron chi connectivity index (χ1n) is 19.4. The summed E-state index contributed by atoms with van der Waals surface area (Å²) in [4.78, 5) is 51.8. The van der Waals surface area contributed by atoms with Crippen molar-refractivity contribution in [3.63, 3.8) is 0 Å². The Kier molecular flexibility index (Phi) is 17.5. The SMILES string of the molecule is C/C=C\C(=O)N(C=O)c1ccc(C(C)(C)c2ccc(C(C)(C)c3cc(C(C)C)c(N4C(=O)C=CC4=O)c(C(C)C)c3)cc2)cc1.CCCC(C)C.CCP. The molecule has 54 heavy (non-hydrogen) atoms. The Morgan fingerprint density at radius 1 is 0.741 bits per heavy atom. The third-order valence-electron chi connectivity index (χ3n) is 9.88. The number of amides is 4. The van der Waals surface area contributed by atoms with E-state index in [0.717, 1.165) is 44.2 Å². The van der Waals surface area contributed by atoms with E-state index in [-0.39, 0.29) is 40.4 Å². The Morgan fingerprint density at radius 2 is 1.13 bits per heavy atom. The molecule has 1 aliphatic rings. The molecule has 7 heteroatoms. The Bertz CT molecular complexity index is 1730. The van der Waals surface area contributed by atoms with Gasteiger partial charge < -0.3 is 0 Å². The van der Waals surface area contributed by atoms with E-state index in [2.05, 4.69) is 129 Å². The highest BCUT2D eigenvalue weighted by Gasteiger charge is 2.34. The minimum atomic E-state index is -0.386. The van der Waals surface area contributed by atoms with Gasteiger partial charge in [0, 0.05) is 23.0 Å². The van der Waals surface area contributed by atoms with E-state index in [1.165, 1.54) is 42.1 Å². The molecule has 292 valence electrons. The molecular formula is C47H65N2O4P. The fourth-order valence-corrected chi connectivity index (χ4v) is 6.52. The zero-order chi connectivity index (χ0) is 41.0. The van der Waals surface area contributed by atoms with E-state index in [4.69, 9.17) is 0 Å². The monoisotopic (exact) mass is 752 g/mol. The Hall–Kier alpha value is -4.15. The molecule has 1 atom stereocenters. The van der Waals surface area contributed by atoms with Crippen molar-refractivity contribution in [3.8, 4) is 0 Å². The predicted octanol–water partition coefficient (Wildman–Crippen LogP) is 11.4. The number of hydrogen-bond donors (Lipinski definition) is 0. The summed E-state index contributed by atoms with van der Waals surface area (Å²) in [5.41, 5.74) is 6.97. The molecule has 3 aromatic carbocycles. The summed E-state index contributed by atoms with van der Waals surface area (Å²) >= 11 is 0. The number of carbonyl (C=O) groups is 4. The van der Waals surface area contributed by atoms with Crippen molar-refractivity contribution in [2.45, 2.75) is 126 Å². The third kappa shape index (κ3) is 11.2. The molecule has 0 spiro atoms.